The van der Waals surface area contributed by atoms with E-state index in [4.69, 9.17) is 22.9 Å². The summed E-state index contributed by atoms with van der Waals surface area (Å²) in [6.07, 6.45) is -1.31. The summed E-state index contributed by atoms with van der Waals surface area (Å²) in [5, 5.41) is 29.5. The molecule has 4 rings (SSSR count). The van der Waals surface area contributed by atoms with Crippen molar-refractivity contribution in [3.05, 3.63) is 90.1 Å². The topological polar surface area (TPSA) is 375 Å². The average Bonchev–Trinajstić information content (AvgIpc) is 3.38. The van der Waals surface area contributed by atoms with Gasteiger partial charge >= 0.3 is 0 Å². The number of carbonyl (C=O) groups excluding carboxylic acids is 9. The third kappa shape index (κ3) is 19.3. The van der Waals surface area contributed by atoms with Crippen LogP contribution in [-0.2, 0) is 44.8 Å². The second-order valence-electron chi connectivity index (χ2n) is 19.2. The van der Waals surface area contributed by atoms with Gasteiger partial charge in [-0.1, -0.05) is 74.5 Å². The number of hydrogen-bond acceptors (Lipinski definition) is 15. The zero-order valence-corrected chi connectivity index (χ0v) is 43.1. The Hall–Kier alpha value is -6.98. The molecule has 16 N–H and O–H groups in total. The first-order valence-electron chi connectivity index (χ1n) is 25.6. The molecule has 2 aromatic carbocycles. The van der Waals surface area contributed by atoms with E-state index in [0.29, 0.717) is 11.3 Å². The van der Waals surface area contributed by atoms with Gasteiger partial charge in [-0.15, -0.1) is 0 Å². The maximum atomic E-state index is 14.5. The summed E-state index contributed by atoms with van der Waals surface area (Å²) in [4.78, 5) is 131. The molecule has 0 saturated carbocycles. The maximum absolute atomic E-state index is 14.5. The molecule has 0 radical (unpaired) electrons. The first-order valence-corrected chi connectivity index (χ1v) is 25.6. The molecule has 0 bridgehead atoms. The molecular weight excluding hydrogens is 965 g/mol. The van der Waals surface area contributed by atoms with E-state index in [-0.39, 0.29) is 95.6 Å². The van der Waals surface area contributed by atoms with Gasteiger partial charge < -0.3 is 65.3 Å². The number of ketones is 2. The molecule has 1 aliphatic heterocycles. The molecule has 0 aliphatic carbocycles. The van der Waals surface area contributed by atoms with E-state index in [2.05, 4.69) is 42.2 Å². The zero-order chi connectivity index (χ0) is 55.0. The molecule has 1 fully saturated rings. The molecule has 3 aromatic rings. The molecule has 2 heterocycles. The van der Waals surface area contributed by atoms with E-state index in [1.54, 1.807) is 36.4 Å². The summed E-state index contributed by atoms with van der Waals surface area (Å²) < 4.78 is 0. The van der Waals surface area contributed by atoms with Crippen LogP contribution in [0.4, 0.5) is 0 Å². The summed E-state index contributed by atoms with van der Waals surface area (Å²) >= 11 is 0. The van der Waals surface area contributed by atoms with E-state index in [1.807, 2.05) is 44.2 Å². The number of nitrogens with two attached hydrogens (primary N) is 4. The number of pyridine rings is 1. The van der Waals surface area contributed by atoms with Gasteiger partial charge in [-0.3, -0.25) is 48.1 Å². The van der Waals surface area contributed by atoms with Gasteiger partial charge in [-0.25, -0.2) is 0 Å². The number of nitrogens with zero attached hydrogens (tertiary/aromatic N) is 1. The minimum atomic E-state index is -1.48. The zero-order valence-electron chi connectivity index (χ0n) is 43.1. The van der Waals surface area contributed by atoms with Crippen molar-refractivity contribution in [2.75, 3.05) is 32.7 Å². The van der Waals surface area contributed by atoms with Crippen molar-refractivity contribution < 1.29 is 48.3 Å². The molecule has 9 atom stereocenters. The molecule has 1 saturated heterocycles. The van der Waals surface area contributed by atoms with Crippen molar-refractivity contribution in [1.82, 2.24) is 42.2 Å². The lowest BCUT2D eigenvalue weighted by Gasteiger charge is -2.28. The molecule has 22 nitrogen and oxygen atoms in total. The van der Waals surface area contributed by atoms with Crippen LogP contribution in [0.3, 0.4) is 0 Å². The van der Waals surface area contributed by atoms with Crippen molar-refractivity contribution in [3.8, 4) is 11.3 Å². The summed E-state index contributed by atoms with van der Waals surface area (Å²) in [5.74, 6) is -9.20. The van der Waals surface area contributed by atoms with Gasteiger partial charge in [0.2, 0.25) is 41.4 Å². The molecule has 0 spiro atoms. The largest absolute Gasteiger partial charge is 0.393 e. The number of carbonyl (C=O) groups is 9. The number of benzene rings is 2. The Morgan fingerprint density at radius 3 is 1.79 bits per heavy atom. The van der Waals surface area contributed by atoms with Gasteiger partial charge in [0.15, 0.2) is 11.6 Å². The van der Waals surface area contributed by atoms with Gasteiger partial charge in [0.1, 0.15) is 30.2 Å². The number of rotatable bonds is 19. The van der Waals surface area contributed by atoms with Crippen molar-refractivity contribution in [2.45, 2.75) is 121 Å². The van der Waals surface area contributed by atoms with Gasteiger partial charge in [-0.05, 0) is 95.2 Å². The predicted molar refractivity (Wildman–Crippen MR) is 280 cm³/mol. The number of aromatic nitrogens is 1. The van der Waals surface area contributed by atoms with Gasteiger partial charge in [0, 0.05) is 49.0 Å². The number of Topliss-reactive ketones (excluding diaryl/α,β-unsaturated/α-hetero) is 2. The Balaban J connectivity index is 1.74. The van der Waals surface area contributed by atoms with Crippen molar-refractivity contribution in [1.29, 1.82) is 0 Å². The first kappa shape index (κ1) is 60.6. The van der Waals surface area contributed by atoms with E-state index in [1.165, 1.54) is 19.2 Å². The quantitative estimate of drug-likeness (QED) is 0.0642. The normalized spacial score (nSPS) is 22.8. The second kappa shape index (κ2) is 31.0. The van der Waals surface area contributed by atoms with Crippen LogP contribution in [0, 0.1) is 17.8 Å². The Morgan fingerprint density at radius 1 is 0.667 bits per heavy atom. The Kier molecular flexibility index (Phi) is 25.1. The summed E-state index contributed by atoms with van der Waals surface area (Å²) in [6.45, 7) is 4.36. The highest BCUT2D eigenvalue weighted by molar-refractivity contribution is 6.01. The molecule has 1 aliphatic rings. The molecular formula is C53H76N12O10. The highest BCUT2D eigenvalue weighted by Crippen LogP contribution is 2.21. The summed E-state index contributed by atoms with van der Waals surface area (Å²) in [6, 6.07) is 13.1. The average molecular weight is 1040 g/mol. The lowest BCUT2D eigenvalue weighted by atomic mass is 9.92. The Morgan fingerprint density at radius 2 is 1.20 bits per heavy atom. The van der Waals surface area contributed by atoms with Crippen LogP contribution >= 0.6 is 0 Å². The number of hydrogen-bond donors (Lipinski definition) is 12. The number of aliphatic hydroxyl groups is 1. The van der Waals surface area contributed by atoms with E-state index >= 15 is 0 Å². The molecule has 75 heavy (non-hydrogen) atoms. The third-order valence-corrected chi connectivity index (χ3v) is 12.8. The standard InChI is InChI=1S/C53H76N12O10/c1-31(2)26-43-52(74)63-39(16-22-56)49(71)60-38(15-21-55)46(68)30-37(32(3)66)48(70)59-25-19-41(51(73)62-40(17-23-57)50(72)65-44(53(75)64-43)27-33-10-6-4-7-11-33)61-47(69)36(14-20-54)29-45(67)35-18-24-58-42(28-35)34-12-8-5-9-13-34/h4-13,18,24,28,31-32,36-41,43-44,66H,14-17,19-23,25-27,29-30,54-57H2,1-3H3,(H,59,70)(H,60,71)(H,61,69)(H,62,73)(H,63,74)(H,64,75)(H,65,72)/t32-,36+,37+,38+,39+,40+,41+,43+,44-/m1/s1. The van der Waals surface area contributed by atoms with Crippen LogP contribution in [-0.4, -0.2) is 138 Å². The van der Waals surface area contributed by atoms with Gasteiger partial charge in [-0.2, -0.15) is 0 Å². The van der Waals surface area contributed by atoms with E-state index < -0.39 is 114 Å². The first-order chi connectivity index (χ1) is 35.9. The molecule has 22 heteroatoms. The molecule has 1 aromatic heterocycles. The van der Waals surface area contributed by atoms with Crippen LogP contribution < -0.4 is 60.2 Å². The molecule has 0 unspecified atom stereocenters. The SMILES string of the molecule is CC(C)C[C@@H]1NC(=O)[C@@H](Cc2ccccc2)NC(=O)[C@H](CCN)NC(=O)[C@@H](NC(=O)[C@@H](CCN)CC(=O)c2ccnc(-c3ccccc3)c2)CCNC(=O)[C@H]([C@@H](C)O)CC(=O)[C@H](CCN)NC(=O)[C@H](CCN)NC1=O. The third-order valence-electron chi connectivity index (χ3n) is 12.8. The molecule has 7 amide bonds. The van der Waals surface area contributed by atoms with Crippen molar-refractivity contribution >= 4 is 52.9 Å². The molecule has 408 valence electrons. The second-order valence-corrected chi connectivity index (χ2v) is 19.2. The number of nitrogens with one attached hydrogen (secondary N) is 7. The number of amides is 7. The van der Waals surface area contributed by atoms with Crippen molar-refractivity contribution in [3.63, 3.8) is 0 Å². The van der Waals surface area contributed by atoms with E-state index in [0.717, 1.165) is 5.56 Å². The van der Waals surface area contributed by atoms with Crippen LogP contribution in [0.15, 0.2) is 79.0 Å². The predicted octanol–water partition coefficient (Wildman–Crippen LogP) is -0.994. The van der Waals surface area contributed by atoms with Crippen LogP contribution in [0.2, 0.25) is 0 Å². The van der Waals surface area contributed by atoms with Gasteiger partial charge in [0.25, 0.3) is 0 Å². The monoisotopic (exact) mass is 1040 g/mol. The van der Waals surface area contributed by atoms with E-state index in [9.17, 15) is 48.3 Å². The van der Waals surface area contributed by atoms with Crippen LogP contribution in [0.5, 0.6) is 0 Å². The number of aliphatic hydroxyl groups excluding tert-OH is 1. The minimum Gasteiger partial charge on any atom is -0.393 e. The minimum absolute atomic E-state index is 0.00713. The highest BCUT2D eigenvalue weighted by Gasteiger charge is 2.36. The van der Waals surface area contributed by atoms with Crippen molar-refractivity contribution in [2.24, 2.45) is 40.7 Å². The fraction of sp³-hybridized carbons (Fsp3) is 0.509. The highest BCUT2D eigenvalue weighted by atomic mass is 16.3. The maximum Gasteiger partial charge on any atom is 0.243 e. The Labute approximate surface area is 437 Å². The van der Waals surface area contributed by atoms with Gasteiger partial charge in [0.05, 0.1) is 23.8 Å². The Bertz CT molecular complexity index is 2390. The van der Waals surface area contributed by atoms with Crippen LogP contribution in [0.25, 0.3) is 11.3 Å². The lowest BCUT2D eigenvalue weighted by molar-refractivity contribution is -0.136. The summed E-state index contributed by atoms with van der Waals surface area (Å²) in [5.41, 5.74) is 25.9. The fourth-order valence-electron chi connectivity index (χ4n) is 8.58. The summed E-state index contributed by atoms with van der Waals surface area (Å²) in [7, 11) is 0. The lowest BCUT2D eigenvalue weighted by Crippen LogP contribution is -2.60. The fourth-order valence-corrected chi connectivity index (χ4v) is 8.58. The smallest absolute Gasteiger partial charge is 0.243 e. The van der Waals surface area contributed by atoms with Crippen LogP contribution in [0.1, 0.15) is 88.1 Å².